The van der Waals surface area contributed by atoms with Gasteiger partial charge in [0.2, 0.25) is 0 Å². The van der Waals surface area contributed by atoms with Gasteiger partial charge in [-0.3, -0.25) is 4.79 Å². The predicted molar refractivity (Wildman–Crippen MR) is 125 cm³/mol. The number of aliphatic hydroxyl groups is 3. The lowest BCUT2D eigenvalue weighted by Crippen LogP contribution is -2.71. The molecule has 4 aliphatic rings. The third-order valence-electron chi connectivity index (χ3n) is 11.4. The predicted octanol–water partition coefficient (Wildman–Crippen LogP) is 2.16. The second-order valence-corrected chi connectivity index (χ2v) is 12.8. The fraction of sp³-hybridized carbons (Fsp3) is 0.852. The van der Waals surface area contributed by atoms with E-state index in [1.54, 1.807) is 0 Å². The molecule has 0 aromatic heterocycles. The van der Waals surface area contributed by atoms with E-state index < -0.39 is 39.5 Å². The SMILES string of the molecule is CC(CCC(=O)O)C1CCC2C3C(CC(O)(C=O)C12C)C1(C)CCC(O)(C=O)CC1CC3(O)C=O. The fourth-order valence-electron chi connectivity index (χ4n) is 9.34. The highest BCUT2D eigenvalue weighted by molar-refractivity contribution is 5.68. The van der Waals surface area contributed by atoms with Crippen LogP contribution in [0.1, 0.15) is 78.6 Å². The minimum atomic E-state index is -1.69. The largest absolute Gasteiger partial charge is 0.481 e. The second-order valence-electron chi connectivity index (χ2n) is 12.8. The number of aliphatic carboxylic acids is 1. The molecule has 11 unspecified atom stereocenters. The van der Waals surface area contributed by atoms with Crippen molar-refractivity contribution in [3.05, 3.63) is 0 Å². The minimum Gasteiger partial charge on any atom is -0.481 e. The van der Waals surface area contributed by atoms with Gasteiger partial charge in [0.25, 0.3) is 0 Å². The van der Waals surface area contributed by atoms with Gasteiger partial charge in [-0.2, -0.15) is 0 Å². The number of hydrogen-bond donors (Lipinski definition) is 4. The lowest BCUT2D eigenvalue weighted by molar-refractivity contribution is -0.256. The van der Waals surface area contributed by atoms with Gasteiger partial charge >= 0.3 is 5.97 Å². The fourth-order valence-corrected chi connectivity index (χ4v) is 9.34. The Morgan fingerprint density at radius 3 is 2.20 bits per heavy atom. The Morgan fingerprint density at radius 1 is 0.943 bits per heavy atom. The van der Waals surface area contributed by atoms with Crippen molar-refractivity contribution in [1.82, 2.24) is 0 Å². The quantitative estimate of drug-likeness (QED) is 0.395. The molecular weight excluding hydrogens is 452 g/mol. The van der Waals surface area contributed by atoms with E-state index in [0.29, 0.717) is 44.5 Å². The lowest BCUT2D eigenvalue weighted by atomic mass is 9.38. The zero-order valence-electron chi connectivity index (χ0n) is 21.0. The Labute approximate surface area is 206 Å². The number of carboxylic acids is 1. The van der Waals surface area contributed by atoms with Gasteiger partial charge in [0.15, 0.2) is 18.9 Å². The topological polar surface area (TPSA) is 149 Å². The molecule has 0 amide bonds. The molecule has 196 valence electrons. The molecule has 8 heteroatoms. The van der Waals surface area contributed by atoms with Crippen LogP contribution < -0.4 is 0 Å². The number of carboxylic acid groups (broad SMARTS) is 1. The number of hydrogen-bond acceptors (Lipinski definition) is 7. The molecular formula is C27H40O8. The Bertz CT molecular complexity index is 906. The molecule has 0 bridgehead atoms. The van der Waals surface area contributed by atoms with Crippen molar-refractivity contribution in [2.75, 3.05) is 0 Å². The summed E-state index contributed by atoms with van der Waals surface area (Å²) in [6, 6.07) is 0. The lowest BCUT2D eigenvalue weighted by Gasteiger charge is -2.67. The van der Waals surface area contributed by atoms with Crippen LogP contribution in [-0.4, -0.2) is 62.1 Å². The van der Waals surface area contributed by atoms with Crippen molar-refractivity contribution in [1.29, 1.82) is 0 Å². The summed E-state index contributed by atoms with van der Waals surface area (Å²) in [4.78, 5) is 47.9. The van der Waals surface area contributed by atoms with Crippen molar-refractivity contribution in [2.45, 2.75) is 95.4 Å². The summed E-state index contributed by atoms with van der Waals surface area (Å²) in [5, 5.41) is 43.7. The maximum Gasteiger partial charge on any atom is 0.303 e. The van der Waals surface area contributed by atoms with E-state index in [4.69, 9.17) is 0 Å². The van der Waals surface area contributed by atoms with Crippen molar-refractivity contribution in [3.8, 4) is 0 Å². The summed E-state index contributed by atoms with van der Waals surface area (Å²) in [6.45, 7) is 5.91. The van der Waals surface area contributed by atoms with E-state index in [0.717, 1.165) is 0 Å². The first-order chi connectivity index (χ1) is 16.2. The third-order valence-corrected chi connectivity index (χ3v) is 11.4. The maximum absolute atomic E-state index is 12.6. The van der Waals surface area contributed by atoms with Gasteiger partial charge in [0.1, 0.15) is 16.8 Å². The summed E-state index contributed by atoms with van der Waals surface area (Å²) in [7, 11) is 0. The van der Waals surface area contributed by atoms with Crippen molar-refractivity contribution < 1.29 is 39.6 Å². The van der Waals surface area contributed by atoms with Crippen LogP contribution in [0.15, 0.2) is 0 Å². The van der Waals surface area contributed by atoms with Gasteiger partial charge in [-0.15, -0.1) is 0 Å². The van der Waals surface area contributed by atoms with Gasteiger partial charge < -0.3 is 34.8 Å². The molecule has 0 heterocycles. The highest BCUT2D eigenvalue weighted by Gasteiger charge is 2.73. The molecule has 4 rings (SSSR count). The number of carbonyl (C=O) groups is 4. The van der Waals surface area contributed by atoms with Gasteiger partial charge in [-0.25, -0.2) is 0 Å². The standard InChI is InChI=1S/C27H40O8/c1-16(4-7-21(31)32)18-5-6-19-22-20(12-27(35,15-30)24(18,19)3)23(2)8-9-25(33,13-28)10-17(23)11-26(22,34)14-29/h13-20,22,33-35H,4-12H2,1-3H3,(H,31,32). The normalized spacial score (nSPS) is 51.9. The molecule has 4 saturated carbocycles. The molecule has 0 saturated heterocycles. The van der Waals surface area contributed by atoms with Crippen LogP contribution in [0.3, 0.4) is 0 Å². The number of fused-ring (bicyclic) bond motifs is 5. The number of rotatable bonds is 7. The first kappa shape index (κ1) is 26.4. The van der Waals surface area contributed by atoms with Crippen molar-refractivity contribution in [2.24, 2.45) is 46.3 Å². The highest BCUT2D eigenvalue weighted by atomic mass is 16.4. The molecule has 4 aliphatic carbocycles. The minimum absolute atomic E-state index is 0.00164. The molecule has 8 nitrogen and oxygen atoms in total. The number of carbonyl (C=O) groups excluding carboxylic acids is 3. The van der Waals surface area contributed by atoms with Gasteiger partial charge in [-0.05, 0) is 86.4 Å². The van der Waals surface area contributed by atoms with Gasteiger partial charge in [0, 0.05) is 17.8 Å². The highest BCUT2D eigenvalue weighted by Crippen LogP contribution is 2.72. The summed E-state index contributed by atoms with van der Waals surface area (Å²) < 4.78 is 0. The first-order valence-corrected chi connectivity index (χ1v) is 13.0. The van der Waals surface area contributed by atoms with Crippen molar-refractivity contribution >= 4 is 24.8 Å². The molecule has 0 aliphatic heterocycles. The Kier molecular flexibility index (Phi) is 6.38. The number of aldehydes is 3. The smallest absolute Gasteiger partial charge is 0.303 e. The van der Waals surface area contributed by atoms with E-state index in [1.165, 1.54) is 0 Å². The Hall–Kier alpha value is -1.64. The zero-order chi connectivity index (χ0) is 26.0. The first-order valence-electron chi connectivity index (χ1n) is 13.0. The van der Waals surface area contributed by atoms with E-state index in [1.807, 2.05) is 13.8 Å². The summed E-state index contributed by atoms with van der Waals surface area (Å²) in [5.74, 6) is -2.49. The monoisotopic (exact) mass is 492 g/mol. The van der Waals surface area contributed by atoms with Crippen LogP contribution in [0.25, 0.3) is 0 Å². The van der Waals surface area contributed by atoms with Crippen LogP contribution in [0.2, 0.25) is 0 Å². The van der Waals surface area contributed by atoms with Gasteiger partial charge in [0.05, 0.1) is 0 Å². The van der Waals surface area contributed by atoms with Gasteiger partial charge in [-0.1, -0.05) is 20.8 Å². The molecule has 0 aromatic carbocycles. The molecule has 11 atom stereocenters. The average molecular weight is 493 g/mol. The summed E-state index contributed by atoms with van der Waals surface area (Å²) >= 11 is 0. The zero-order valence-corrected chi connectivity index (χ0v) is 21.0. The molecule has 4 N–H and O–H groups in total. The second kappa shape index (κ2) is 8.45. The third kappa shape index (κ3) is 3.65. The van der Waals surface area contributed by atoms with Crippen LogP contribution >= 0.6 is 0 Å². The Morgan fingerprint density at radius 2 is 1.63 bits per heavy atom. The molecule has 35 heavy (non-hydrogen) atoms. The summed E-state index contributed by atoms with van der Waals surface area (Å²) in [5.41, 5.74) is -6.24. The molecule has 4 fully saturated rings. The Balaban J connectivity index is 1.78. The van der Waals surface area contributed by atoms with E-state index in [2.05, 4.69) is 6.92 Å². The van der Waals surface area contributed by atoms with E-state index in [9.17, 15) is 39.6 Å². The molecule has 0 aromatic rings. The average Bonchev–Trinajstić information content (AvgIpc) is 3.18. The van der Waals surface area contributed by atoms with Crippen LogP contribution in [0.5, 0.6) is 0 Å². The van der Waals surface area contributed by atoms with Crippen molar-refractivity contribution in [3.63, 3.8) is 0 Å². The molecule has 0 spiro atoms. The maximum atomic E-state index is 12.6. The van der Waals surface area contributed by atoms with E-state index in [-0.39, 0.29) is 61.7 Å². The van der Waals surface area contributed by atoms with E-state index >= 15 is 0 Å². The van der Waals surface area contributed by atoms with Crippen LogP contribution in [-0.2, 0) is 19.2 Å². The van der Waals surface area contributed by atoms with Crippen LogP contribution in [0.4, 0.5) is 0 Å². The molecule has 0 radical (unpaired) electrons. The summed E-state index contributed by atoms with van der Waals surface area (Å²) in [6.07, 6.45) is 4.67. The van der Waals surface area contributed by atoms with Crippen LogP contribution in [0, 0.1) is 46.3 Å².